The third-order valence-corrected chi connectivity index (χ3v) is 13.6. The summed E-state index contributed by atoms with van der Waals surface area (Å²) < 4.78 is 22.9. The lowest BCUT2D eigenvalue weighted by atomic mass is 10.0. The summed E-state index contributed by atoms with van der Waals surface area (Å²) in [5, 5.41) is 9.72. The molecule has 0 rings (SSSR count). The van der Waals surface area contributed by atoms with E-state index in [1.807, 2.05) is 21.1 Å². The standard InChI is InChI=1S/C69H119NO8/c1-6-8-10-12-14-16-18-20-22-24-26-28-29-30-31-32-33-34-35-36-37-38-39-40-42-44-46-48-50-52-54-56-58-60-67(72)78-65(64-77-69(68(73)74)75-62-61-70(3,4)5)63-76-66(71)59-57-55-53-51-49-47-45-43-41-27-25-23-21-19-17-15-13-11-9-7-2/h8,10,14,16,20,22,26,28,30-31,33-34,36-37,39-40,65,69H,6-7,9,11-13,15,17-19,21,23-25,27,29,32,35,38,41-64H2,1-5H3/p+1/b10-8-,16-14-,22-20-,28-26-,31-30-,34-33-,37-36-,40-39-. The maximum atomic E-state index is 12.9. The van der Waals surface area contributed by atoms with E-state index in [2.05, 4.69) is 111 Å². The first-order valence-corrected chi connectivity index (χ1v) is 31.9. The van der Waals surface area contributed by atoms with Gasteiger partial charge < -0.3 is 28.5 Å². The lowest BCUT2D eigenvalue weighted by Crippen LogP contribution is -2.40. The molecule has 0 aliphatic carbocycles. The van der Waals surface area contributed by atoms with Crippen LogP contribution in [0.25, 0.3) is 0 Å². The fourth-order valence-corrected chi connectivity index (χ4v) is 8.74. The molecule has 2 atom stereocenters. The number of aliphatic carboxylic acids is 1. The Balaban J connectivity index is 4.22. The molecular formula is C69H120NO8+. The average molecular weight is 1090 g/mol. The van der Waals surface area contributed by atoms with Crippen molar-refractivity contribution in [1.29, 1.82) is 0 Å². The van der Waals surface area contributed by atoms with Gasteiger partial charge in [-0.15, -0.1) is 0 Å². The van der Waals surface area contributed by atoms with Gasteiger partial charge in [0.05, 0.1) is 34.4 Å². The highest BCUT2D eigenvalue weighted by Crippen LogP contribution is 2.17. The number of carbonyl (C=O) groups excluding carboxylic acids is 2. The third kappa shape index (κ3) is 59.9. The molecule has 0 amide bonds. The molecule has 448 valence electrons. The average Bonchev–Trinajstić information content (AvgIpc) is 3.41. The molecule has 78 heavy (non-hydrogen) atoms. The van der Waals surface area contributed by atoms with Gasteiger partial charge in [0.25, 0.3) is 6.29 Å². The first kappa shape index (κ1) is 74.2. The van der Waals surface area contributed by atoms with Gasteiger partial charge in [0.15, 0.2) is 6.10 Å². The Hall–Kier alpha value is -3.79. The smallest absolute Gasteiger partial charge is 0.361 e. The van der Waals surface area contributed by atoms with E-state index in [1.54, 1.807) is 0 Å². The SMILES string of the molecule is CC/C=C\C/C=C\C/C=C\C/C=C\C/C=C\C/C=C\C/C=C\C/C=C\CCCCCCCCCCC(=O)OC(COC(=O)CCCCCCCCCCCCCCCCCCCCCC)COC(OCC[N+](C)(C)C)C(=O)O. The van der Waals surface area contributed by atoms with Crippen molar-refractivity contribution in [3.05, 3.63) is 97.2 Å². The molecule has 0 aliphatic rings. The van der Waals surface area contributed by atoms with Crippen LogP contribution in [0.15, 0.2) is 97.2 Å². The highest BCUT2D eigenvalue weighted by molar-refractivity contribution is 5.71. The molecular weight excluding hydrogens is 971 g/mol. The van der Waals surface area contributed by atoms with Crippen LogP contribution in [0.2, 0.25) is 0 Å². The van der Waals surface area contributed by atoms with E-state index in [-0.39, 0.29) is 32.2 Å². The number of allylic oxidation sites excluding steroid dienone is 16. The number of hydrogen-bond acceptors (Lipinski definition) is 7. The lowest BCUT2D eigenvalue weighted by molar-refractivity contribution is -0.870. The Bertz CT molecular complexity index is 1600. The van der Waals surface area contributed by atoms with Gasteiger partial charge in [0.2, 0.25) is 0 Å². The van der Waals surface area contributed by atoms with Crippen molar-refractivity contribution in [3.63, 3.8) is 0 Å². The number of esters is 2. The highest BCUT2D eigenvalue weighted by Gasteiger charge is 2.25. The zero-order valence-electron chi connectivity index (χ0n) is 51.1. The van der Waals surface area contributed by atoms with E-state index in [0.29, 0.717) is 23.9 Å². The van der Waals surface area contributed by atoms with Gasteiger partial charge in [-0.1, -0.05) is 272 Å². The maximum Gasteiger partial charge on any atom is 0.361 e. The number of quaternary nitrogens is 1. The number of likely N-dealkylation sites (N-methyl/N-ethyl adjacent to an activating group) is 1. The number of hydrogen-bond donors (Lipinski definition) is 1. The Labute approximate surface area is 480 Å². The van der Waals surface area contributed by atoms with E-state index in [9.17, 15) is 19.5 Å². The minimum atomic E-state index is -1.52. The van der Waals surface area contributed by atoms with Crippen LogP contribution in [0.4, 0.5) is 0 Å². The van der Waals surface area contributed by atoms with Crippen molar-refractivity contribution in [2.45, 2.75) is 277 Å². The summed E-state index contributed by atoms with van der Waals surface area (Å²) in [4.78, 5) is 37.5. The Morgan fingerprint density at radius 2 is 0.731 bits per heavy atom. The minimum Gasteiger partial charge on any atom is -0.477 e. The van der Waals surface area contributed by atoms with Crippen LogP contribution in [0.5, 0.6) is 0 Å². The summed E-state index contributed by atoms with van der Waals surface area (Å²) in [5.41, 5.74) is 0. The number of ether oxygens (including phenoxy) is 4. The van der Waals surface area contributed by atoms with Crippen LogP contribution in [0.3, 0.4) is 0 Å². The molecule has 9 heteroatoms. The van der Waals surface area contributed by atoms with Gasteiger partial charge in [0, 0.05) is 12.8 Å². The summed E-state index contributed by atoms with van der Waals surface area (Å²) >= 11 is 0. The molecule has 0 heterocycles. The van der Waals surface area contributed by atoms with E-state index in [4.69, 9.17) is 18.9 Å². The molecule has 0 saturated heterocycles. The molecule has 0 bridgehead atoms. The van der Waals surface area contributed by atoms with E-state index in [1.165, 1.54) is 135 Å². The Morgan fingerprint density at radius 3 is 1.09 bits per heavy atom. The molecule has 0 aromatic rings. The van der Waals surface area contributed by atoms with Crippen molar-refractivity contribution in [3.8, 4) is 0 Å². The van der Waals surface area contributed by atoms with Gasteiger partial charge in [-0.05, 0) is 77.0 Å². The highest BCUT2D eigenvalue weighted by atomic mass is 16.7. The van der Waals surface area contributed by atoms with E-state index in [0.717, 1.165) is 96.3 Å². The van der Waals surface area contributed by atoms with E-state index < -0.39 is 24.3 Å². The molecule has 0 saturated carbocycles. The first-order chi connectivity index (χ1) is 38.1. The van der Waals surface area contributed by atoms with Crippen molar-refractivity contribution in [2.75, 3.05) is 47.5 Å². The zero-order chi connectivity index (χ0) is 56.9. The molecule has 2 unspecified atom stereocenters. The number of carboxylic acids is 1. The Kier molecular flexibility index (Phi) is 56.5. The second-order valence-corrected chi connectivity index (χ2v) is 22.3. The van der Waals surface area contributed by atoms with E-state index >= 15 is 0 Å². The van der Waals surface area contributed by atoms with Crippen molar-refractivity contribution in [1.82, 2.24) is 0 Å². The number of unbranched alkanes of at least 4 members (excludes halogenated alkanes) is 27. The van der Waals surface area contributed by atoms with Crippen molar-refractivity contribution < 1.29 is 42.9 Å². The quantitative estimate of drug-likeness (QED) is 0.0211. The molecule has 1 N–H and O–H groups in total. The summed E-state index contributed by atoms with van der Waals surface area (Å²) in [7, 11) is 5.97. The predicted octanol–water partition coefficient (Wildman–Crippen LogP) is 19.3. The molecule has 9 nitrogen and oxygen atoms in total. The maximum absolute atomic E-state index is 12.9. The monoisotopic (exact) mass is 1090 g/mol. The topological polar surface area (TPSA) is 108 Å². The number of nitrogens with zero attached hydrogens (tertiary/aromatic N) is 1. The van der Waals surface area contributed by atoms with Crippen LogP contribution in [-0.4, -0.2) is 87.4 Å². The van der Waals surface area contributed by atoms with Crippen LogP contribution >= 0.6 is 0 Å². The van der Waals surface area contributed by atoms with Crippen molar-refractivity contribution >= 4 is 17.9 Å². The van der Waals surface area contributed by atoms with Gasteiger partial charge in [0.1, 0.15) is 13.2 Å². The fraction of sp³-hybridized carbons (Fsp3) is 0.725. The summed E-state index contributed by atoms with van der Waals surface area (Å²) in [6.07, 6.45) is 77.8. The van der Waals surface area contributed by atoms with Gasteiger partial charge >= 0.3 is 17.9 Å². The van der Waals surface area contributed by atoms with Crippen molar-refractivity contribution in [2.24, 2.45) is 0 Å². The first-order valence-electron chi connectivity index (χ1n) is 31.9. The Morgan fingerprint density at radius 1 is 0.397 bits per heavy atom. The molecule has 0 aromatic carbocycles. The van der Waals surface area contributed by atoms with Crippen LogP contribution < -0.4 is 0 Å². The normalized spacial score (nSPS) is 13.4. The number of rotatable bonds is 58. The predicted molar refractivity (Wildman–Crippen MR) is 332 cm³/mol. The van der Waals surface area contributed by atoms with Crippen LogP contribution in [-0.2, 0) is 33.3 Å². The second kappa shape index (κ2) is 59.3. The summed E-state index contributed by atoms with van der Waals surface area (Å²) in [5.74, 6) is -2.01. The van der Waals surface area contributed by atoms with Gasteiger partial charge in [-0.2, -0.15) is 0 Å². The summed E-state index contributed by atoms with van der Waals surface area (Å²) in [6, 6.07) is 0. The van der Waals surface area contributed by atoms with Crippen LogP contribution in [0.1, 0.15) is 264 Å². The van der Waals surface area contributed by atoms with Gasteiger partial charge in [-0.25, -0.2) is 4.79 Å². The second-order valence-electron chi connectivity index (χ2n) is 22.3. The number of carboxylic acid groups (broad SMARTS) is 1. The summed E-state index contributed by atoms with van der Waals surface area (Å²) in [6.45, 7) is 4.78. The third-order valence-electron chi connectivity index (χ3n) is 13.6. The lowest BCUT2D eigenvalue weighted by Gasteiger charge is -2.25. The minimum absolute atomic E-state index is 0.183. The fourth-order valence-electron chi connectivity index (χ4n) is 8.74. The molecule has 0 fully saturated rings. The molecule has 0 aliphatic heterocycles. The van der Waals surface area contributed by atoms with Gasteiger partial charge in [-0.3, -0.25) is 9.59 Å². The molecule has 0 aromatic heterocycles. The van der Waals surface area contributed by atoms with Crippen LogP contribution in [0, 0.1) is 0 Å². The zero-order valence-corrected chi connectivity index (χ0v) is 51.1. The largest absolute Gasteiger partial charge is 0.477 e. The molecule has 0 radical (unpaired) electrons. The number of carbonyl (C=O) groups is 3. The molecule has 0 spiro atoms.